The molecular weight excluding hydrogens is 376 g/mol. The zero-order valence-corrected chi connectivity index (χ0v) is 16.3. The number of sulfonamides is 1. The van der Waals surface area contributed by atoms with E-state index in [-0.39, 0.29) is 17.3 Å². The minimum Gasteiger partial charge on any atom is -0.348 e. The van der Waals surface area contributed by atoms with Crippen LogP contribution in [0, 0.1) is 0 Å². The van der Waals surface area contributed by atoms with Gasteiger partial charge in [-0.2, -0.15) is 0 Å². The number of hydrogen-bond donors (Lipinski definition) is 1. The van der Waals surface area contributed by atoms with Gasteiger partial charge < -0.3 is 5.32 Å². The Labute approximate surface area is 164 Å². The van der Waals surface area contributed by atoms with E-state index >= 15 is 0 Å². The number of amides is 1. The summed E-state index contributed by atoms with van der Waals surface area (Å²) >= 11 is 0. The topological polar surface area (TPSA) is 92.3 Å². The fourth-order valence-electron chi connectivity index (χ4n) is 2.61. The van der Waals surface area contributed by atoms with E-state index in [9.17, 15) is 13.2 Å². The summed E-state index contributed by atoms with van der Waals surface area (Å²) in [5.41, 5.74) is 2.86. The number of pyridine rings is 2. The molecule has 0 radical (unpaired) electrons. The highest BCUT2D eigenvalue weighted by molar-refractivity contribution is 7.89. The smallest absolute Gasteiger partial charge is 0.251 e. The summed E-state index contributed by atoms with van der Waals surface area (Å²) in [7, 11) is -0.599. The maximum atomic E-state index is 12.5. The van der Waals surface area contributed by atoms with Gasteiger partial charge in [0.2, 0.25) is 10.0 Å². The van der Waals surface area contributed by atoms with Crippen LogP contribution in [0.3, 0.4) is 0 Å². The van der Waals surface area contributed by atoms with E-state index in [2.05, 4.69) is 15.3 Å². The minimum absolute atomic E-state index is 0.139. The first-order valence-corrected chi connectivity index (χ1v) is 9.98. The lowest BCUT2D eigenvalue weighted by molar-refractivity contribution is 0.0951. The van der Waals surface area contributed by atoms with E-state index < -0.39 is 10.0 Å². The Bertz CT molecular complexity index is 1070. The summed E-state index contributed by atoms with van der Waals surface area (Å²) < 4.78 is 25.3. The van der Waals surface area contributed by atoms with Gasteiger partial charge in [0.05, 0.1) is 10.6 Å². The van der Waals surface area contributed by atoms with Crippen LogP contribution in [0.4, 0.5) is 0 Å². The number of hydrogen-bond acceptors (Lipinski definition) is 5. The van der Waals surface area contributed by atoms with Gasteiger partial charge in [0.1, 0.15) is 0 Å². The lowest BCUT2D eigenvalue weighted by Gasteiger charge is -2.12. The average molecular weight is 396 g/mol. The van der Waals surface area contributed by atoms with Crippen molar-refractivity contribution in [2.24, 2.45) is 0 Å². The van der Waals surface area contributed by atoms with Crippen molar-refractivity contribution >= 4 is 15.9 Å². The monoisotopic (exact) mass is 396 g/mol. The predicted molar refractivity (Wildman–Crippen MR) is 106 cm³/mol. The SMILES string of the molecule is CN(C)S(=O)(=O)c1ccc(C(=O)NCc2cccnc2-c2cccnc2)cc1. The summed E-state index contributed by atoms with van der Waals surface area (Å²) in [5.74, 6) is -0.296. The summed E-state index contributed by atoms with van der Waals surface area (Å²) in [6.07, 6.45) is 5.10. The number of nitrogens with one attached hydrogen (secondary N) is 1. The third kappa shape index (κ3) is 4.24. The van der Waals surface area contributed by atoms with Crippen LogP contribution in [0.25, 0.3) is 11.3 Å². The van der Waals surface area contributed by atoms with Crippen LogP contribution >= 0.6 is 0 Å². The Morgan fingerprint density at radius 3 is 2.39 bits per heavy atom. The molecule has 2 aromatic heterocycles. The van der Waals surface area contributed by atoms with E-state index in [1.165, 1.54) is 38.4 Å². The quantitative estimate of drug-likeness (QED) is 0.690. The molecule has 0 saturated carbocycles. The molecule has 0 saturated heterocycles. The van der Waals surface area contributed by atoms with E-state index in [1.54, 1.807) is 18.6 Å². The summed E-state index contributed by atoms with van der Waals surface area (Å²) in [6, 6.07) is 13.3. The first-order chi connectivity index (χ1) is 13.4. The molecule has 0 spiro atoms. The molecule has 1 amide bonds. The summed E-state index contributed by atoms with van der Waals surface area (Å²) in [5, 5.41) is 2.85. The fourth-order valence-corrected chi connectivity index (χ4v) is 3.51. The number of benzene rings is 1. The van der Waals surface area contributed by atoms with Gasteiger partial charge in [0.25, 0.3) is 5.91 Å². The van der Waals surface area contributed by atoms with Crippen LogP contribution in [0.5, 0.6) is 0 Å². The van der Waals surface area contributed by atoms with Crippen LogP contribution in [0.15, 0.2) is 72.0 Å². The molecule has 8 heteroatoms. The second-order valence-corrected chi connectivity index (χ2v) is 8.40. The van der Waals surface area contributed by atoms with Gasteiger partial charge >= 0.3 is 0 Å². The van der Waals surface area contributed by atoms with Crippen molar-refractivity contribution in [3.8, 4) is 11.3 Å². The molecule has 1 N–H and O–H groups in total. The number of carbonyl (C=O) groups excluding carboxylic acids is 1. The molecule has 1 aromatic carbocycles. The van der Waals surface area contributed by atoms with Crippen molar-refractivity contribution < 1.29 is 13.2 Å². The Balaban J connectivity index is 1.74. The van der Waals surface area contributed by atoms with Crippen LogP contribution in [0.2, 0.25) is 0 Å². The van der Waals surface area contributed by atoms with E-state index in [4.69, 9.17) is 0 Å². The second-order valence-electron chi connectivity index (χ2n) is 6.25. The first-order valence-electron chi connectivity index (χ1n) is 8.54. The van der Waals surface area contributed by atoms with Gasteiger partial charge in [0, 0.05) is 50.4 Å². The van der Waals surface area contributed by atoms with Gasteiger partial charge in [-0.15, -0.1) is 0 Å². The van der Waals surface area contributed by atoms with Gasteiger partial charge in [-0.3, -0.25) is 14.8 Å². The van der Waals surface area contributed by atoms with Gasteiger partial charge in [-0.25, -0.2) is 12.7 Å². The van der Waals surface area contributed by atoms with Crippen LogP contribution in [-0.4, -0.2) is 42.7 Å². The lowest BCUT2D eigenvalue weighted by Crippen LogP contribution is -2.24. The fraction of sp³-hybridized carbons (Fsp3) is 0.150. The molecule has 2 heterocycles. The van der Waals surface area contributed by atoms with Crippen molar-refractivity contribution in [3.05, 3.63) is 78.2 Å². The molecule has 0 aliphatic rings. The van der Waals surface area contributed by atoms with Crippen molar-refractivity contribution in [3.63, 3.8) is 0 Å². The van der Waals surface area contributed by atoms with Crippen molar-refractivity contribution in [1.29, 1.82) is 0 Å². The maximum absolute atomic E-state index is 12.5. The zero-order valence-electron chi connectivity index (χ0n) is 15.5. The summed E-state index contributed by atoms with van der Waals surface area (Å²) in [6.45, 7) is 0.286. The van der Waals surface area contributed by atoms with Gasteiger partial charge in [-0.05, 0) is 48.0 Å². The first kappa shape index (κ1) is 19.7. The Morgan fingerprint density at radius 2 is 1.75 bits per heavy atom. The maximum Gasteiger partial charge on any atom is 0.251 e. The highest BCUT2D eigenvalue weighted by Crippen LogP contribution is 2.20. The molecule has 0 aliphatic heterocycles. The van der Waals surface area contributed by atoms with Crippen molar-refractivity contribution in [2.75, 3.05) is 14.1 Å². The molecule has 144 valence electrons. The largest absolute Gasteiger partial charge is 0.348 e. The molecule has 0 fully saturated rings. The molecule has 0 bridgehead atoms. The third-order valence-corrected chi connectivity index (χ3v) is 5.99. The Kier molecular flexibility index (Phi) is 5.81. The van der Waals surface area contributed by atoms with Crippen molar-refractivity contribution in [2.45, 2.75) is 11.4 Å². The lowest BCUT2D eigenvalue weighted by atomic mass is 10.1. The van der Waals surface area contributed by atoms with E-state index in [1.807, 2.05) is 24.3 Å². The van der Waals surface area contributed by atoms with E-state index in [0.29, 0.717) is 5.56 Å². The molecule has 0 aliphatic carbocycles. The predicted octanol–water partition coefficient (Wildman–Crippen LogP) is 2.32. The van der Waals surface area contributed by atoms with Crippen molar-refractivity contribution in [1.82, 2.24) is 19.6 Å². The van der Waals surface area contributed by atoms with E-state index in [0.717, 1.165) is 21.1 Å². The Hall–Kier alpha value is -3.10. The molecular formula is C20H20N4O3S. The molecule has 0 atom stereocenters. The highest BCUT2D eigenvalue weighted by atomic mass is 32.2. The molecule has 3 rings (SSSR count). The van der Waals surface area contributed by atoms with Gasteiger partial charge in [0.15, 0.2) is 0 Å². The third-order valence-electron chi connectivity index (χ3n) is 4.16. The van der Waals surface area contributed by atoms with Gasteiger partial charge in [-0.1, -0.05) is 6.07 Å². The minimum atomic E-state index is -3.52. The molecule has 0 unspecified atom stereocenters. The number of carbonyl (C=O) groups is 1. The molecule has 3 aromatic rings. The number of nitrogens with zero attached hydrogens (tertiary/aromatic N) is 3. The molecule has 7 nitrogen and oxygen atoms in total. The van der Waals surface area contributed by atoms with Crippen LogP contribution in [0.1, 0.15) is 15.9 Å². The van der Waals surface area contributed by atoms with Crippen LogP contribution in [-0.2, 0) is 16.6 Å². The second kappa shape index (κ2) is 8.28. The molecule has 28 heavy (non-hydrogen) atoms. The highest BCUT2D eigenvalue weighted by Gasteiger charge is 2.17. The average Bonchev–Trinajstić information content (AvgIpc) is 2.73. The number of aromatic nitrogens is 2. The van der Waals surface area contributed by atoms with Crippen LogP contribution < -0.4 is 5.32 Å². The zero-order chi connectivity index (χ0) is 20.1. The normalized spacial score (nSPS) is 11.4. The Morgan fingerprint density at radius 1 is 1.04 bits per heavy atom. The number of rotatable bonds is 6. The summed E-state index contributed by atoms with van der Waals surface area (Å²) in [4.78, 5) is 21.1. The standard InChI is InChI=1S/C20H20N4O3S/c1-24(2)28(26,27)18-9-7-15(8-10-18)20(25)23-14-17-6-4-12-22-19(17)16-5-3-11-21-13-16/h3-13H,14H2,1-2H3,(H,23,25).